The molecule has 4 heteroatoms. The Hall–Kier alpha value is 0.270. The Morgan fingerprint density at radius 3 is 2.80 bits per heavy atom. The summed E-state index contributed by atoms with van der Waals surface area (Å²) in [6.45, 7) is 0. The van der Waals surface area contributed by atoms with Gasteiger partial charge in [-0.05, 0) is 34.3 Å². The van der Waals surface area contributed by atoms with Crippen molar-refractivity contribution >= 4 is 39.3 Å². The molecule has 0 bridgehead atoms. The molecule has 0 saturated carbocycles. The summed E-state index contributed by atoms with van der Waals surface area (Å²) in [6.07, 6.45) is 1.96. The summed E-state index contributed by atoms with van der Waals surface area (Å²) in [5.41, 5.74) is 0. The number of aromatic nitrogens is 1. The quantitative estimate of drug-likeness (QED) is 0.550. The fraction of sp³-hybridized carbons (Fsp3) is 0.167. The van der Waals surface area contributed by atoms with Crippen molar-refractivity contribution in [2.24, 2.45) is 0 Å². The fourth-order valence-corrected chi connectivity index (χ4v) is 1.90. The highest BCUT2D eigenvalue weighted by Gasteiger charge is 1.98. The average molecular weight is 239 g/mol. The van der Waals surface area contributed by atoms with Gasteiger partial charge in [0.2, 0.25) is 0 Å². The lowest BCUT2D eigenvalue weighted by molar-refractivity contribution is 1.11. The van der Waals surface area contributed by atoms with E-state index in [-0.39, 0.29) is 0 Å². The van der Waals surface area contributed by atoms with Crippen LogP contribution in [0.25, 0.3) is 0 Å². The number of rotatable bonds is 1. The van der Waals surface area contributed by atoms with E-state index in [4.69, 9.17) is 11.6 Å². The average Bonchev–Trinajstić information content (AvgIpc) is 1.94. The molecule has 1 heterocycles. The maximum Gasteiger partial charge on any atom is 0.130 e. The van der Waals surface area contributed by atoms with Crippen LogP contribution in [0.4, 0.5) is 0 Å². The summed E-state index contributed by atoms with van der Waals surface area (Å²) >= 11 is 10.6. The standard InChI is InChI=1S/C6H5BrClNS/c1-10-6-4(7)2-3-5(8)9-6/h2-3H,1H3. The van der Waals surface area contributed by atoms with Crippen LogP contribution >= 0.6 is 39.3 Å². The van der Waals surface area contributed by atoms with Crippen LogP contribution in [0.2, 0.25) is 5.15 Å². The molecule has 0 radical (unpaired) electrons. The maximum atomic E-state index is 5.65. The van der Waals surface area contributed by atoms with Crippen molar-refractivity contribution in [1.29, 1.82) is 0 Å². The van der Waals surface area contributed by atoms with Crippen LogP contribution in [0.15, 0.2) is 21.6 Å². The van der Waals surface area contributed by atoms with Gasteiger partial charge in [-0.2, -0.15) is 0 Å². The molecule has 0 fully saturated rings. The molecule has 1 nitrogen and oxygen atoms in total. The molecule has 0 aliphatic heterocycles. The van der Waals surface area contributed by atoms with E-state index in [1.165, 1.54) is 0 Å². The summed E-state index contributed by atoms with van der Waals surface area (Å²) in [4.78, 5) is 4.07. The Labute approximate surface area is 77.3 Å². The zero-order valence-corrected chi connectivity index (χ0v) is 8.42. The molecule has 1 aromatic heterocycles. The first-order chi connectivity index (χ1) is 4.74. The number of thioether (sulfide) groups is 1. The maximum absolute atomic E-state index is 5.65. The van der Waals surface area contributed by atoms with Gasteiger partial charge in [-0.15, -0.1) is 11.8 Å². The zero-order chi connectivity index (χ0) is 7.56. The van der Waals surface area contributed by atoms with Gasteiger partial charge in [-0.25, -0.2) is 4.98 Å². The van der Waals surface area contributed by atoms with Gasteiger partial charge in [0.15, 0.2) is 0 Å². The second-order valence-corrected chi connectivity index (χ2v) is 3.66. The molecule has 0 amide bonds. The molecule has 1 rings (SSSR count). The predicted octanol–water partition coefficient (Wildman–Crippen LogP) is 3.22. The van der Waals surface area contributed by atoms with Crippen LogP contribution in [0.5, 0.6) is 0 Å². The molecular weight excluding hydrogens is 233 g/mol. The second-order valence-electron chi connectivity index (χ2n) is 1.63. The number of nitrogens with zero attached hydrogens (tertiary/aromatic N) is 1. The molecule has 10 heavy (non-hydrogen) atoms. The minimum Gasteiger partial charge on any atom is -0.229 e. The van der Waals surface area contributed by atoms with E-state index >= 15 is 0 Å². The van der Waals surface area contributed by atoms with Crippen LogP contribution in [0.3, 0.4) is 0 Å². The molecule has 54 valence electrons. The van der Waals surface area contributed by atoms with Crippen LogP contribution < -0.4 is 0 Å². The minimum absolute atomic E-state index is 0.535. The lowest BCUT2D eigenvalue weighted by Gasteiger charge is -1.97. The van der Waals surface area contributed by atoms with E-state index in [1.807, 2.05) is 12.3 Å². The SMILES string of the molecule is CSc1nc(Cl)ccc1Br. The van der Waals surface area contributed by atoms with Gasteiger partial charge >= 0.3 is 0 Å². The number of halogens is 2. The summed E-state index contributed by atoms with van der Waals surface area (Å²) < 4.78 is 0.990. The minimum atomic E-state index is 0.535. The van der Waals surface area contributed by atoms with Gasteiger partial charge in [0, 0.05) is 4.47 Å². The highest BCUT2D eigenvalue weighted by Crippen LogP contribution is 2.24. The summed E-state index contributed by atoms with van der Waals surface area (Å²) in [5, 5.41) is 1.46. The summed E-state index contributed by atoms with van der Waals surface area (Å²) in [7, 11) is 0. The van der Waals surface area contributed by atoms with E-state index in [0.717, 1.165) is 9.50 Å². The van der Waals surface area contributed by atoms with E-state index < -0.39 is 0 Å². The zero-order valence-electron chi connectivity index (χ0n) is 5.27. The fourth-order valence-electron chi connectivity index (χ4n) is 0.544. The molecular formula is C6H5BrClNS. The van der Waals surface area contributed by atoms with Crippen molar-refractivity contribution in [2.45, 2.75) is 5.03 Å². The van der Waals surface area contributed by atoms with Crippen molar-refractivity contribution in [2.75, 3.05) is 6.26 Å². The van der Waals surface area contributed by atoms with Crippen molar-refractivity contribution in [3.05, 3.63) is 21.8 Å². The van der Waals surface area contributed by atoms with Gasteiger partial charge in [-0.1, -0.05) is 11.6 Å². The van der Waals surface area contributed by atoms with Crippen LogP contribution in [-0.2, 0) is 0 Å². The van der Waals surface area contributed by atoms with Gasteiger partial charge in [0.1, 0.15) is 10.2 Å². The molecule has 0 spiro atoms. The first-order valence-corrected chi connectivity index (χ1v) is 4.99. The van der Waals surface area contributed by atoms with Gasteiger partial charge in [0.25, 0.3) is 0 Å². The second kappa shape index (κ2) is 3.60. The Morgan fingerprint density at radius 1 is 1.60 bits per heavy atom. The van der Waals surface area contributed by atoms with Crippen LogP contribution in [0, 0.1) is 0 Å². The number of hydrogen-bond acceptors (Lipinski definition) is 2. The Balaban J connectivity index is 3.09. The molecule has 0 aromatic carbocycles. The normalized spacial score (nSPS) is 9.90. The molecule has 0 aliphatic carbocycles. The predicted molar refractivity (Wildman–Crippen MR) is 48.7 cm³/mol. The lowest BCUT2D eigenvalue weighted by Crippen LogP contribution is -1.80. The largest absolute Gasteiger partial charge is 0.229 e. The van der Waals surface area contributed by atoms with Gasteiger partial charge in [-0.3, -0.25) is 0 Å². The summed E-state index contributed by atoms with van der Waals surface area (Å²) in [6, 6.07) is 3.65. The highest BCUT2D eigenvalue weighted by molar-refractivity contribution is 9.10. The topological polar surface area (TPSA) is 12.9 Å². The van der Waals surface area contributed by atoms with Crippen LogP contribution in [-0.4, -0.2) is 11.2 Å². The van der Waals surface area contributed by atoms with Crippen molar-refractivity contribution in [1.82, 2.24) is 4.98 Å². The van der Waals surface area contributed by atoms with E-state index in [0.29, 0.717) is 5.15 Å². The smallest absolute Gasteiger partial charge is 0.130 e. The first-order valence-electron chi connectivity index (χ1n) is 2.60. The van der Waals surface area contributed by atoms with Crippen molar-refractivity contribution in [3.8, 4) is 0 Å². The molecule has 0 atom stereocenters. The van der Waals surface area contributed by atoms with Gasteiger partial charge < -0.3 is 0 Å². The van der Waals surface area contributed by atoms with E-state index in [1.54, 1.807) is 17.8 Å². The Bertz CT molecular complexity index is 241. The third-order valence-corrected chi connectivity index (χ3v) is 2.78. The number of hydrogen-bond donors (Lipinski definition) is 0. The molecule has 0 unspecified atom stereocenters. The summed E-state index contributed by atoms with van der Waals surface area (Å²) in [5.74, 6) is 0. The molecule has 0 saturated heterocycles. The van der Waals surface area contributed by atoms with Crippen molar-refractivity contribution < 1.29 is 0 Å². The highest BCUT2D eigenvalue weighted by atomic mass is 79.9. The lowest BCUT2D eigenvalue weighted by atomic mass is 10.5. The molecule has 0 N–H and O–H groups in total. The van der Waals surface area contributed by atoms with Crippen LogP contribution in [0.1, 0.15) is 0 Å². The Kier molecular flexibility index (Phi) is 3.01. The van der Waals surface area contributed by atoms with E-state index in [2.05, 4.69) is 20.9 Å². The van der Waals surface area contributed by atoms with Gasteiger partial charge in [0.05, 0.1) is 0 Å². The first kappa shape index (κ1) is 8.37. The molecule has 1 aromatic rings. The third kappa shape index (κ3) is 1.87. The van der Waals surface area contributed by atoms with Crippen molar-refractivity contribution in [3.63, 3.8) is 0 Å². The number of pyridine rings is 1. The Morgan fingerprint density at radius 2 is 2.30 bits per heavy atom. The molecule has 0 aliphatic rings. The third-order valence-electron chi connectivity index (χ3n) is 0.973. The monoisotopic (exact) mass is 237 g/mol. The van der Waals surface area contributed by atoms with E-state index in [9.17, 15) is 0 Å².